The maximum Gasteiger partial charge on any atom is 0.293 e. The van der Waals surface area contributed by atoms with Crippen molar-refractivity contribution in [2.75, 3.05) is 19.8 Å². The van der Waals surface area contributed by atoms with Crippen LogP contribution in [0.15, 0.2) is 0 Å². The Kier molecular flexibility index (Phi) is 3.11. The number of ether oxygens (including phenoxy) is 1. The Hall–Kier alpha value is -1.54. The van der Waals surface area contributed by atoms with Gasteiger partial charge in [0.1, 0.15) is 0 Å². The number of carbonyl (C=O) groups is 1. The molecule has 0 saturated carbocycles. The quantitative estimate of drug-likeness (QED) is 0.577. The van der Waals surface area contributed by atoms with Gasteiger partial charge in [-0.05, 0) is 18.1 Å². The zero-order valence-corrected chi connectivity index (χ0v) is 8.64. The van der Waals surface area contributed by atoms with E-state index in [0.29, 0.717) is 26.1 Å². The Morgan fingerprint density at radius 2 is 2.31 bits per heavy atom. The first-order valence-corrected chi connectivity index (χ1v) is 5.00. The van der Waals surface area contributed by atoms with E-state index in [2.05, 4.69) is 25.9 Å². The molecule has 0 atom stereocenters. The second-order valence-electron chi connectivity index (χ2n) is 3.74. The summed E-state index contributed by atoms with van der Waals surface area (Å²) in [7, 11) is 0. The van der Waals surface area contributed by atoms with Crippen LogP contribution in [0.2, 0.25) is 0 Å². The summed E-state index contributed by atoms with van der Waals surface area (Å²) in [6.45, 7) is 0.917. The molecule has 0 bridgehead atoms. The number of tetrazole rings is 1. The number of hydrogen-bond donors (Lipinski definition) is 3. The van der Waals surface area contributed by atoms with Gasteiger partial charge in [0.2, 0.25) is 0 Å². The molecule has 1 saturated heterocycles. The van der Waals surface area contributed by atoms with E-state index in [1.54, 1.807) is 0 Å². The molecule has 1 aromatic rings. The molecule has 3 N–H and O–H groups in total. The molecule has 1 aliphatic heterocycles. The minimum atomic E-state index is -0.629. The van der Waals surface area contributed by atoms with Gasteiger partial charge < -0.3 is 15.2 Å². The maximum atomic E-state index is 11.7. The summed E-state index contributed by atoms with van der Waals surface area (Å²) in [5.41, 5.74) is -0.629. The molecule has 16 heavy (non-hydrogen) atoms. The molecule has 1 fully saturated rings. The van der Waals surface area contributed by atoms with Crippen LogP contribution in [0.1, 0.15) is 23.5 Å². The van der Waals surface area contributed by atoms with E-state index in [1.807, 2.05) is 0 Å². The minimum absolute atomic E-state index is 0.0284. The third-order valence-corrected chi connectivity index (χ3v) is 2.68. The van der Waals surface area contributed by atoms with Crippen LogP contribution in [-0.4, -0.2) is 57.0 Å². The third kappa shape index (κ3) is 2.17. The number of aromatic nitrogens is 4. The minimum Gasteiger partial charge on any atom is -0.394 e. The fourth-order valence-electron chi connectivity index (χ4n) is 1.64. The molecule has 2 heterocycles. The highest BCUT2D eigenvalue weighted by atomic mass is 16.5. The Bertz CT molecular complexity index is 347. The Balaban J connectivity index is 2.03. The molecule has 0 aromatic carbocycles. The van der Waals surface area contributed by atoms with Gasteiger partial charge in [-0.1, -0.05) is 0 Å². The number of carbonyl (C=O) groups excluding carboxylic acids is 1. The average Bonchev–Trinajstić information content (AvgIpc) is 2.84. The number of amides is 1. The van der Waals surface area contributed by atoms with E-state index in [0.717, 1.165) is 0 Å². The molecule has 1 aromatic heterocycles. The second kappa shape index (κ2) is 4.54. The fraction of sp³-hybridized carbons (Fsp3) is 0.750. The normalized spacial score (nSPS) is 19.3. The van der Waals surface area contributed by atoms with Crippen molar-refractivity contribution in [3.63, 3.8) is 0 Å². The molecular formula is C8H13N5O3. The highest BCUT2D eigenvalue weighted by molar-refractivity contribution is 5.90. The Labute approximate surface area is 91.4 Å². The molecule has 0 spiro atoms. The van der Waals surface area contributed by atoms with Gasteiger partial charge in [0, 0.05) is 13.2 Å². The van der Waals surface area contributed by atoms with Crippen molar-refractivity contribution < 1.29 is 14.6 Å². The fourth-order valence-corrected chi connectivity index (χ4v) is 1.64. The van der Waals surface area contributed by atoms with E-state index in [4.69, 9.17) is 4.74 Å². The largest absolute Gasteiger partial charge is 0.394 e. The molecule has 8 nitrogen and oxygen atoms in total. The lowest BCUT2D eigenvalue weighted by Gasteiger charge is -2.35. The van der Waals surface area contributed by atoms with Gasteiger partial charge in [-0.15, -0.1) is 10.2 Å². The van der Waals surface area contributed by atoms with E-state index in [-0.39, 0.29) is 12.4 Å². The van der Waals surface area contributed by atoms with Gasteiger partial charge in [0.25, 0.3) is 11.7 Å². The predicted octanol–water partition coefficient (Wildman–Crippen LogP) is -1.53. The first-order valence-electron chi connectivity index (χ1n) is 5.00. The van der Waals surface area contributed by atoms with Crippen molar-refractivity contribution in [1.29, 1.82) is 0 Å². The lowest BCUT2D eigenvalue weighted by molar-refractivity contribution is 0.0123. The van der Waals surface area contributed by atoms with Crippen LogP contribution in [0.5, 0.6) is 0 Å². The average molecular weight is 227 g/mol. The smallest absolute Gasteiger partial charge is 0.293 e. The van der Waals surface area contributed by atoms with Crippen LogP contribution >= 0.6 is 0 Å². The number of aromatic amines is 1. The SMILES string of the molecule is O=C(NC1(CO)CCOCC1)c1nn[nH]n1. The van der Waals surface area contributed by atoms with Gasteiger partial charge in [-0.3, -0.25) is 4.79 Å². The summed E-state index contributed by atoms with van der Waals surface area (Å²) in [6, 6.07) is 0. The molecule has 8 heteroatoms. The lowest BCUT2D eigenvalue weighted by Crippen LogP contribution is -2.54. The number of aliphatic hydroxyl groups excluding tert-OH is 1. The van der Waals surface area contributed by atoms with Crippen LogP contribution < -0.4 is 5.32 Å². The van der Waals surface area contributed by atoms with Gasteiger partial charge in [0.15, 0.2) is 0 Å². The van der Waals surface area contributed by atoms with E-state index in [1.165, 1.54) is 0 Å². The number of H-pyrrole nitrogens is 1. The third-order valence-electron chi connectivity index (χ3n) is 2.68. The van der Waals surface area contributed by atoms with Crippen molar-refractivity contribution in [2.24, 2.45) is 0 Å². The monoisotopic (exact) mass is 227 g/mol. The summed E-state index contributed by atoms with van der Waals surface area (Å²) in [4.78, 5) is 11.7. The van der Waals surface area contributed by atoms with Crippen LogP contribution in [0.25, 0.3) is 0 Å². The van der Waals surface area contributed by atoms with Crippen LogP contribution in [0.3, 0.4) is 0 Å². The molecule has 0 aliphatic carbocycles. The van der Waals surface area contributed by atoms with Gasteiger partial charge in [-0.25, -0.2) is 0 Å². The van der Waals surface area contributed by atoms with Gasteiger partial charge in [-0.2, -0.15) is 5.21 Å². The predicted molar refractivity (Wildman–Crippen MR) is 51.5 cm³/mol. The van der Waals surface area contributed by atoms with Crippen molar-refractivity contribution in [1.82, 2.24) is 25.9 Å². The highest BCUT2D eigenvalue weighted by Crippen LogP contribution is 2.20. The summed E-state index contributed by atoms with van der Waals surface area (Å²) < 4.78 is 5.19. The molecule has 1 amide bonds. The van der Waals surface area contributed by atoms with Crippen molar-refractivity contribution in [2.45, 2.75) is 18.4 Å². The Morgan fingerprint density at radius 1 is 1.56 bits per heavy atom. The van der Waals surface area contributed by atoms with E-state index < -0.39 is 11.4 Å². The van der Waals surface area contributed by atoms with Crippen molar-refractivity contribution in [3.05, 3.63) is 5.82 Å². The lowest BCUT2D eigenvalue weighted by atomic mass is 9.91. The maximum absolute atomic E-state index is 11.7. The van der Waals surface area contributed by atoms with Crippen LogP contribution in [0.4, 0.5) is 0 Å². The number of nitrogens with one attached hydrogen (secondary N) is 2. The first kappa shape index (κ1) is 11.0. The topological polar surface area (TPSA) is 113 Å². The molecular weight excluding hydrogens is 214 g/mol. The number of nitrogens with zero attached hydrogens (tertiary/aromatic N) is 3. The van der Waals surface area contributed by atoms with Crippen LogP contribution in [0, 0.1) is 0 Å². The van der Waals surface area contributed by atoms with Crippen LogP contribution in [-0.2, 0) is 4.74 Å². The molecule has 1 aliphatic rings. The number of hydrogen-bond acceptors (Lipinski definition) is 6. The van der Waals surface area contributed by atoms with E-state index in [9.17, 15) is 9.90 Å². The molecule has 88 valence electrons. The summed E-state index contributed by atoms with van der Waals surface area (Å²) in [5, 5.41) is 24.7. The van der Waals surface area contributed by atoms with Crippen molar-refractivity contribution >= 4 is 5.91 Å². The summed E-state index contributed by atoms with van der Waals surface area (Å²) in [5.74, 6) is -0.469. The summed E-state index contributed by atoms with van der Waals surface area (Å²) >= 11 is 0. The molecule has 0 unspecified atom stereocenters. The standard InChI is InChI=1S/C8H13N5O3/c14-5-8(1-3-16-4-2-8)9-7(15)6-10-12-13-11-6/h14H,1-5H2,(H,9,15)(H,10,11,12,13). The second-order valence-corrected chi connectivity index (χ2v) is 3.74. The highest BCUT2D eigenvalue weighted by Gasteiger charge is 2.34. The summed E-state index contributed by atoms with van der Waals surface area (Å²) in [6.07, 6.45) is 1.15. The first-order chi connectivity index (χ1) is 7.76. The molecule has 0 radical (unpaired) electrons. The van der Waals surface area contributed by atoms with E-state index >= 15 is 0 Å². The zero-order valence-electron chi connectivity index (χ0n) is 8.64. The van der Waals surface area contributed by atoms with Gasteiger partial charge in [0.05, 0.1) is 12.1 Å². The van der Waals surface area contributed by atoms with Crippen molar-refractivity contribution in [3.8, 4) is 0 Å². The number of aliphatic hydroxyl groups is 1. The Morgan fingerprint density at radius 3 is 2.88 bits per heavy atom. The molecule has 2 rings (SSSR count). The van der Waals surface area contributed by atoms with Gasteiger partial charge >= 0.3 is 0 Å². The zero-order chi connectivity index (χ0) is 11.4. The number of rotatable bonds is 3.